The van der Waals surface area contributed by atoms with Gasteiger partial charge in [-0.1, -0.05) is 0 Å². The van der Waals surface area contributed by atoms with Gasteiger partial charge in [-0.05, 0) is 51.3 Å². The highest BCUT2D eigenvalue weighted by molar-refractivity contribution is 9.13. The quantitative estimate of drug-likeness (QED) is 0.489. The number of hydrogen-bond acceptors (Lipinski definition) is 3. The van der Waals surface area contributed by atoms with E-state index in [1.54, 1.807) is 13.8 Å². The first-order valence-electron chi connectivity index (χ1n) is 3.76. The van der Waals surface area contributed by atoms with Gasteiger partial charge in [0.25, 0.3) is 5.69 Å². The molecule has 0 heterocycles. The minimum Gasteiger partial charge on any atom is -0.398 e. The molecule has 6 heteroatoms. The molecule has 0 aliphatic rings. The van der Waals surface area contributed by atoms with Gasteiger partial charge in [-0.2, -0.15) is 0 Å². The van der Waals surface area contributed by atoms with Crippen molar-refractivity contribution in [3.63, 3.8) is 0 Å². The highest BCUT2D eigenvalue weighted by Crippen LogP contribution is 2.41. The molecule has 0 saturated heterocycles. The van der Waals surface area contributed by atoms with Crippen molar-refractivity contribution in [3.05, 3.63) is 30.2 Å². The number of halogens is 2. The van der Waals surface area contributed by atoms with E-state index in [0.29, 0.717) is 20.2 Å². The number of benzene rings is 1. The van der Waals surface area contributed by atoms with Crippen molar-refractivity contribution in [2.45, 2.75) is 13.8 Å². The van der Waals surface area contributed by atoms with Gasteiger partial charge in [0.05, 0.1) is 15.1 Å². The lowest BCUT2D eigenvalue weighted by Gasteiger charge is -2.09. The Bertz CT molecular complexity index is 389. The van der Waals surface area contributed by atoms with Crippen molar-refractivity contribution in [2.24, 2.45) is 0 Å². The normalized spacial score (nSPS) is 10.3. The molecule has 0 unspecified atom stereocenters. The molecule has 4 nitrogen and oxygen atoms in total. The molecule has 0 aliphatic carbocycles. The second-order valence-corrected chi connectivity index (χ2v) is 4.48. The molecule has 0 amide bonds. The monoisotopic (exact) mass is 322 g/mol. The van der Waals surface area contributed by atoms with Crippen molar-refractivity contribution >= 4 is 43.2 Å². The van der Waals surface area contributed by atoms with Crippen LogP contribution in [0.5, 0.6) is 0 Å². The zero-order chi connectivity index (χ0) is 11.0. The Balaban J connectivity index is 3.68. The fourth-order valence-electron chi connectivity index (χ4n) is 1.15. The van der Waals surface area contributed by atoms with Gasteiger partial charge in [-0.15, -0.1) is 0 Å². The maximum atomic E-state index is 10.8. The fourth-order valence-corrected chi connectivity index (χ4v) is 2.29. The van der Waals surface area contributed by atoms with Crippen LogP contribution >= 0.6 is 31.9 Å². The second-order valence-electron chi connectivity index (χ2n) is 2.90. The standard InChI is InChI=1S/C8H8Br2N2O2/c1-3-4(2)8(12(13)14)6(10)5(9)7(3)11/h11H2,1-2H3. The van der Waals surface area contributed by atoms with Crippen LogP contribution in [0.15, 0.2) is 8.95 Å². The summed E-state index contributed by atoms with van der Waals surface area (Å²) in [6.07, 6.45) is 0. The highest BCUT2D eigenvalue weighted by Gasteiger charge is 2.23. The van der Waals surface area contributed by atoms with Gasteiger partial charge in [0.1, 0.15) is 4.47 Å². The Kier molecular flexibility index (Phi) is 3.16. The topological polar surface area (TPSA) is 69.2 Å². The molecule has 1 aromatic rings. The highest BCUT2D eigenvalue weighted by atomic mass is 79.9. The van der Waals surface area contributed by atoms with E-state index in [1.165, 1.54) is 0 Å². The number of nitro groups is 1. The Morgan fingerprint density at radius 3 is 2.14 bits per heavy atom. The van der Waals surface area contributed by atoms with E-state index in [4.69, 9.17) is 5.73 Å². The number of rotatable bonds is 1. The number of hydrogen-bond donors (Lipinski definition) is 1. The molecule has 0 saturated carbocycles. The number of nitrogens with two attached hydrogens (primary N) is 1. The van der Waals surface area contributed by atoms with Crippen LogP contribution in [-0.2, 0) is 0 Å². The molecule has 1 rings (SSSR count). The van der Waals surface area contributed by atoms with E-state index in [9.17, 15) is 10.1 Å². The predicted molar refractivity (Wildman–Crippen MR) is 62.4 cm³/mol. The van der Waals surface area contributed by atoms with Crippen LogP contribution in [0.4, 0.5) is 11.4 Å². The first-order valence-corrected chi connectivity index (χ1v) is 5.34. The molecule has 2 N–H and O–H groups in total. The molecule has 0 bridgehead atoms. The van der Waals surface area contributed by atoms with Crippen molar-refractivity contribution < 1.29 is 4.92 Å². The molecule has 0 aromatic heterocycles. The molecule has 76 valence electrons. The molecule has 14 heavy (non-hydrogen) atoms. The Labute approximate surface area is 97.9 Å². The first-order chi connectivity index (χ1) is 6.37. The summed E-state index contributed by atoms with van der Waals surface area (Å²) in [6, 6.07) is 0. The predicted octanol–water partition coefficient (Wildman–Crippen LogP) is 3.32. The molecule has 1 aromatic carbocycles. The van der Waals surface area contributed by atoms with Gasteiger partial charge in [-0.3, -0.25) is 10.1 Å². The number of nitrogens with zero attached hydrogens (tertiary/aromatic N) is 1. The summed E-state index contributed by atoms with van der Waals surface area (Å²) >= 11 is 6.35. The van der Waals surface area contributed by atoms with E-state index in [1.807, 2.05) is 0 Å². The van der Waals surface area contributed by atoms with Crippen molar-refractivity contribution in [3.8, 4) is 0 Å². The van der Waals surface area contributed by atoms with Crippen molar-refractivity contribution in [1.29, 1.82) is 0 Å². The van der Waals surface area contributed by atoms with Gasteiger partial charge in [0.2, 0.25) is 0 Å². The molecule has 0 spiro atoms. The zero-order valence-electron chi connectivity index (χ0n) is 7.60. The SMILES string of the molecule is Cc1c(C)c([N+](=O)[O-])c(Br)c(Br)c1N. The van der Waals surface area contributed by atoms with Crippen LogP contribution in [0.3, 0.4) is 0 Å². The third-order valence-corrected chi connectivity index (χ3v) is 4.27. The average Bonchev–Trinajstić information content (AvgIpc) is 2.11. The van der Waals surface area contributed by atoms with E-state index in [0.717, 1.165) is 5.56 Å². The maximum Gasteiger partial charge on any atom is 0.287 e. The molecule has 0 fully saturated rings. The molecular weight excluding hydrogens is 316 g/mol. The van der Waals surface area contributed by atoms with Crippen LogP contribution in [0.2, 0.25) is 0 Å². The Morgan fingerprint density at radius 1 is 1.21 bits per heavy atom. The van der Waals surface area contributed by atoms with Gasteiger partial charge >= 0.3 is 0 Å². The third-order valence-electron chi connectivity index (χ3n) is 2.14. The van der Waals surface area contributed by atoms with E-state index < -0.39 is 4.92 Å². The average molecular weight is 324 g/mol. The minimum atomic E-state index is -0.420. The van der Waals surface area contributed by atoms with Crippen LogP contribution < -0.4 is 5.73 Å². The summed E-state index contributed by atoms with van der Waals surface area (Å²) in [5, 5.41) is 10.8. The molecule has 0 radical (unpaired) electrons. The van der Waals surface area contributed by atoms with Crippen molar-refractivity contribution in [1.82, 2.24) is 0 Å². The lowest BCUT2D eigenvalue weighted by atomic mass is 10.1. The summed E-state index contributed by atoms with van der Waals surface area (Å²) in [4.78, 5) is 10.4. The fraction of sp³-hybridized carbons (Fsp3) is 0.250. The second kappa shape index (κ2) is 3.86. The third kappa shape index (κ3) is 1.64. The van der Waals surface area contributed by atoms with Gasteiger partial charge in [0, 0.05) is 5.56 Å². The van der Waals surface area contributed by atoms with E-state index in [-0.39, 0.29) is 5.69 Å². The minimum absolute atomic E-state index is 0.0589. The zero-order valence-corrected chi connectivity index (χ0v) is 10.8. The van der Waals surface area contributed by atoms with E-state index in [2.05, 4.69) is 31.9 Å². The molecule has 0 aliphatic heterocycles. The Morgan fingerprint density at radius 2 is 1.71 bits per heavy atom. The first kappa shape index (κ1) is 11.5. The van der Waals surface area contributed by atoms with Gasteiger partial charge in [0.15, 0.2) is 0 Å². The molecular formula is C8H8Br2N2O2. The summed E-state index contributed by atoms with van der Waals surface area (Å²) in [6.45, 7) is 3.44. The van der Waals surface area contributed by atoms with Gasteiger partial charge in [-0.25, -0.2) is 0 Å². The number of anilines is 1. The largest absolute Gasteiger partial charge is 0.398 e. The van der Waals surface area contributed by atoms with Crippen LogP contribution in [-0.4, -0.2) is 4.92 Å². The lowest BCUT2D eigenvalue weighted by Crippen LogP contribution is -2.01. The summed E-state index contributed by atoms with van der Waals surface area (Å²) in [7, 11) is 0. The van der Waals surface area contributed by atoms with Crippen LogP contribution in [0, 0.1) is 24.0 Å². The smallest absolute Gasteiger partial charge is 0.287 e. The summed E-state index contributed by atoms with van der Waals surface area (Å²) in [5.74, 6) is 0. The van der Waals surface area contributed by atoms with Gasteiger partial charge < -0.3 is 5.73 Å². The Hall–Kier alpha value is -0.620. The summed E-state index contributed by atoms with van der Waals surface area (Å²) < 4.78 is 0.926. The van der Waals surface area contributed by atoms with Crippen molar-refractivity contribution in [2.75, 3.05) is 5.73 Å². The van der Waals surface area contributed by atoms with Crippen LogP contribution in [0.25, 0.3) is 0 Å². The number of nitro benzene ring substituents is 1. The number of nitrogen functional groups attached to an aromatic ring is 1. The molecule has 0 atom stereocenters. The maximum absolute atomic E-state index is 10.8. The lowest BCUT2D eigenvalue weighted by molar-refractivity contribution is -0.386. The van der Waals surface area contributed by atoms with E-state index >= 15 is 0 Å². The summed E-state index contributed by atoms with van der Waals surface area (Å²) in [5.41, 5.74) is 7.65. The van der Waals surface area contributed by atoms with Crippen LogP contribution in [0.1, 0.15) is 11.1 Å².